The zero-order valence-electron chi connectivity index (χ0n) is 22.5. The molecule has 210 valence electrons. The van der Waals surface area contributed by atoms with Crippen molar-refractivity contribution in [1.29, 1.82) is 0 Å². The molecule has 2 heterocycles. The second kappa shape index (κ2) is 12.1. The summed E-state index contributed by atoms with van der Waals surface area (Å²) >= 11 is 7.16. The van der Waals surface area contributed by atoms with E-state index < -0.39 is 17.8 Å². The number of hydrogen-bond donors (Lipinski definition) is 0. The Bertz CT molecular complexity index is 1810. The molecule has 3 aromatic carbocycles. The summed E-state index contributed by atoms with van der Waals surface area (Å²) in [6, 6.07) is 17.7. The van der Waals surface area contributed by atoms with Crippen molar-refractivity contribution in [3.05, 3.63) is 125 Å². The van der Waals surface area contributed by atoms with E-state index in [1.807, 2.05) is 18.2 Å². The van der Waals surface area contributed by atoms with Crippen molar-refractivity contribution in [2.45, 2.75) is 26.5 Å². The molecule has 0 fully saturated rings. The van der Waals surface area contributed by atoms with E-state index in [1.54, 1.807) is 63.4 Å². The number of rotatable bonds is 8. The summed E-state index contributed by atoms with van der Waals surface area (Å²) in [4.78, 5) is 31.7. The summed E-state index contributed by atoms with van der Waals surface area (Å²) in [7, 11) is 1.55. The first-order valence-corrected chi connectivity index (χ1v) is 14.0. The molecule has 0 bridgehead atoms. The maximum Gasteiger partial charge on any atom is 0.338 e. The number of methoxy groups -OCH3 is 1. The van der Waals surface area contributed by atoms with Gasteiger partial charge in [-0.15, -0.1) is 0 Å². The molecule has 0 spiro atoms. The van der Waals surface area contributed by atoms with Crippen LogP contribution in [0.5, 0.6) is 11.5 Å². The summed E-state index contributed by atoms with van der Waals surface area (Å²) in [5, 5.41) is 0.650. The van der Waals surface area contributed by atoms with E-state index in [9.17, 15) is 14.0 Å². The van der Waals surface area contributed by atoms with Gasteiger partial charge >= 0.3 is 5.97 Å². The Balaban J connectivity index is 1.53. The van der Waals surface area contributed by atoms with Crippen LogP contribution in [0.1, 0.15) is 36.6 Å². The van der Waals surface area contributed by atoms with Gasteiger partial charge < -0.3 is 14.2 Å². The third kappa shape index (κ3) is 5.96. The second-order valence-electron chi connectivity index (χ2n) is 9.18. The van der Waals surface area contributed by atoms with Crippen LogP contribution in [0.4, 0.5) is 4.39 Å². The number of nitrogens with zero attached hydrogens (tertiary/aromatic N) is 2. The monoisotopic (exact) mass is 592 g/mol. The molecule has 1 aliphatic rings. The maximum atomic E-state index is 13.8. The van der Waals surface area contributed by atoms with E-state index in [1.165, 1.54) is 28.0 Å². The van der Waals surface area contributed by atoms with Crippen LogP contribution >= 0.6 is 22.9 Å². The highest BCUT2D eigenvalue weighted by Crippen LogP contribution is 2.31. The van der Waals surface area contributed by atoms with Crippen molar-refractivity contribution in [2.75, 3.05) is 13.7 Å². The van der Waals surface area contributed by atoms with Gasteiger partial charge in [-0.2, -0.15) is 0 Å². The molecule has 10 heteroatoms. The van der Waals surface area contributed by atoms with E-state index in [-0.39, 0.29) is 17.7 Å². The number of benzene rings is 3. The lowest BCUT2D eigenvalue weighted by Crippen LogP contribution is -2.39. The number of esters is 1. The highest BCUT2D eigenvalue weighted by Gasteiger charge is 2.33. The van der Waals surface area contributed by atoms with E-state index in [2.05, 4.69) is 4.99 Å². The minimum atomic E-state index is -0.814. The van der Waals surface area contributed by atoms with Crippen molar-refractivity contribution in [2.24, 2.45) is 4.99 Å². The van der Waals surface area contributed by atoms with Gasteiger partial charge in [-0.3, -0.25) is 9.36 Å². The topological polar surface area (TPSA) is 79.1 Å². The molecule has 1 aliphatic heterocycles. The number of allylic oxidation sites excluding steroid dienone is 1. The third-order valence-corrected chi connectivity index (χ3v) is 7.73. The Morgan fingerprint density at radius 2 is 1.83 bits per heavy atom. The van der Waals surface area contributed by atoms with Gasteiger partial charge in [0.2, 0.25) is 0 Å². The number of halogens is 2. The van der Waals surface area contributed by atoms with Crippen molar-refractivity contribution in [3.63, 3.8) is 0 Å². The van der Waals surface area contributed by atoms with Crippen LogP contribution in [0.3, 0.4) is 0 Å². The van der Waals surface area contributed by atoms with E-state index in [0.29, 0.717) is 49.3 Å². The van der Waals surface area contributed by atoms with Gasteiger partial charge in [-0.1, -0.05) is 53.3 Å². The van der Waals surface area contributed by atoms with Crippen molar-refractivity contribution >= 4 is 35.0 Å². The Morgan fingerprint density at radius 3 is 2.51 bits per heavy atom. The van der Waals surface area contributed by atoms with Gasteiger partial charge in [0.05, 0.1) is 35.6 Å². The minimum Gasteiger partial charge on any atom is -0.493 e. The molecule has 0 saturated carbocycles. The number of carbonyl (C=O) groups is 1. The first-order chi connectivity index (χ1) is 19.8. The van der Waals surface area contributed by atoms with Crippen LogP contribution in [0.25, 0.3) is 6.08 Å². The highest BCUT2D eigenvalue weighted by molar-refractivity contribution is 7.07. The molecule has 5 rings (SSSR count). The van der Waals surface area contributed by atoms with Gasteiger partial charge in [0, 0.05) is 5.02 Å². The highest BCUT2D eigenvalue weighted by atomic mass is 35.5. The number of thiazole rings is 1. The predicted octanol–water partition coefficient (Wildman–Crippen LogP) is 5.18. The van der Waals surface area contributed by atoms with E-state index in [4.69, 9.17) is 25.8 Å². The third-order valence-electron chi connectivity index (χ3n) is 6.50. The predicted molar refractivity (Wildman–Crippen MR) is 156 cm³/mol. The number of carbonyl (C=O) groups excluding carboxylic acids is 1. The zero-order chi connectivity index (χ0) is 29.1. The summed E-state index contributed by atoms with van der Waals surface area (Å²) in [6.45, 7) is 3.90. The lowest BCUT2D eigenvalue weighted by Gasteiger charge is -2.24. The Labute approximate surface area is 244 Å². The molecule has 1 atom stereocenters. The maximum absolute atomic E-state index is 13.8. The Morgan fingerprint density at radius 1 is 1.10 bits per heavy atom. The molecule has 7 nitrogen and oxygen atoms in total. The molecular weight excluding hydrogens is 567 g/mol. The summed E-state index contributed by atoms with van der Waals surface area (Å²) < 4.78 is 32.4. The summed E-state index contributed by atoms with van der Waals surface area (Å²) in [6.07, 6.45) is 1.74. The van der Waals surface area contributed by atoms with Crippen LogP contribution < -0.4 is 24.4 Å². The van der Waals surface area contributed by atoms with Crippen molar-refractivity contribution in [3.8, 4) is 11.5 Å². The zero-order valence-corrected chi connectivity index (χ0v) is 24.1. The number of ether oxygens (including phenoxy) is 3. The molecule has 4 aromatic rings. The fourth-order valence-electron chi connectivity index (χ4n) is 4.54. The van der Waals surface area contributed by atoms with Crippen LogP contribution in [-0.2, 0) is 16.1 Å². The van der Waals surface area contributed by atoms with Gasteiger partial charge in [0.25, 0.3) is 5.56 Å². The SMILES string of the molecule is CCOC(=O)C1=C(C)N=c2s/c(=C\c3ccc(OCc4ccc(Cl)cc4)c(OC)c3)c(=O)n2C1c1ccc(F)cc1. The molecule has 1 aromatic heterocycles. The summed E-state index contributed by atoms with van der Waals surface area (Å²) in [5.41, 5.74) is 2.58. The quantitative estimate of drug-likeness (QED) is 0.264. The first-order valence-electron chi connectivity index (χ1n) is 12.8. The standard InChI is InChI=1S/C31H26ClFN2O5S/c1-4-39-30(37)27-18(2)34-31-35(28(27)21-8-12-23(33)13-9-21)29(36)26(41-31)16-20-7-14-24(25(15-20)38-3)40-17-19-5-10-22(32)11-6-19/h5-16,28H,4,17H2,1-3H3/b26-16-. The first kappa shape index (κ1) is 28.3. The van der Waals surface area contributed by atoms with Gasteiger partial charge in [-0.25, -0.2) is 14.2 Å². The molecule has 0 radical (unpaired) electrons. The molecule has 1 unspecified atom stereocenters. The average molecular weight is 593 g/mol. The molecule has 0 saturated heterocycles. The van der Waals surface area contributed by atoms with Crippen molar-refractivity contribution < 1.29 is 23.4 Å². The van der Waals surface area contributed by atoms with Crippen LogP contribution in [0.2, 0.25) is 5.02 Å². The smallest absolute Gasteiger partial charge is 0.338 e. The van der Waals surface area contributed by atoms with Gasteiger partial charge in [0.15, 0.2) is 16.3 Å². The van der Waals surface area contributed by atoms with Crippen LogP contribution in [0, 0.1) is 5.82 Å². The van der Waals surface area contributed by atoms with E-state index in [0.717, 1.165) is 5.56 Å². The molecular formula is C31H26ClFN2O5S. The van der Waals surface area contributed by atoms with Gasteiger partial charge in [0.1, 0.15) is 12.4 Å². The second-order valence-corrected chi connectivity index (χ2v) is 10.6. The van der Waals surface area contributed by atoms with Crippen molar-refractivity contribution in [1.82, 2.24) is 4.57 Å². The Hall–Kier alpha value is -4.21. The largest absolute Gasteiger partial charge is 0.493 e. The summed E-state index contributed by atoms with van der Waals surface area (Å²) in [5.74, 6) is 0.0579. The minimum absolute atomic E-state index is 0.164. The fourth-order valence-corrected chi connectivity index (χ4v) is 5.71. The molecule has 41 heavy (non-hydrogen) atoms. The molecule has 0 aliphatic carbocycles. The average Bonchev–Trinajstić information content (AvgIpc) is 3.26. The normalized spacial score (nSPS) is 14.9. The van der Waals surface area contributed by atoms with Crippen LogP contribution in [-0.4, -0.2) is 24.3 Å². The lowest BCUT2D eigenvalue weighted by atomic mass is 9.96. The number of fused-ring (bicyclic) bond motifs is 1. The fraction of sp³-hybridized carbons (Fsp3) is 0.194. The Kier molecular flexibility index (Phi) is 8.37. The van der Waals surface area contributed by atoms with Gasteiger partial charge in [-0.05, 0) is 73.0 Å². The van der Waals surface area contributed by atoms with Crippen LogP contribution in [0.15, 0.2) is 87.8 Å². The number of aromatic nitrogens is 1. The lowest BCUT2D eigenvalue weighted by molar-refractivity contribution is -0.139. The number of hydrogen-bond acceptors (Lipinski definition) is 7. The van der Waals surface area contributed by atoms with E-state index >= 15 is 0 Å². The molecule has 0 N–H and O–H groups in total. The molecule has 0 amide bonds.